The third-order valence-electron chi connectivity index (χ3n) is 2.57. The molecule has 2 aromatic rings. The largest absolute Gasteiger partial charge is 0.216 e. The maximum Gasteiger partial charge on any atom is 0.216 e. The molecule has 2 rings (SSSR count). The lowest BCUT2D eigenvalue weighted by atomic mass is 9.99. The summed E-state index contributed by atoms with van der Waals surface area (Å²) in [7, 11) is 0. The highest BCUT2D eigenvalue weighted by atomic mass is 35.6. The van der Waals surface area contributed by atoms with E-state index in [4.69, 9.17) is 40.1 Å². The molecular formula is C14H8Cl3N. The minimum Gasteiger partial charge on any atom is -0.192 e. The van der Waals surface area contributed by atoms with Crippen molar-refractivity contribution in [3.05, 3.63) is 59.7 Å². The average Bonchev–Trinajstić information content (AvgIpc) is 2.38. The summed E-state index contributed by atoms with van der Waals surface area (Å²) < 4.78 is -1.42. The number of hydrogen-bond donors (Lipinski definition) is 0. The van der Waals surface area contributed by atoms with Gasteiger partial charge in [-0.3, -0.25) is 0 Å². The van der Waals surface area contributed by atoms with E-state index in [-0.39, 0.29) is 0 Å². The van der Waals surface area contributed by atoms with Crippen molar-refractivity contribution in [1.82, 2.24) is 0 Å². The second kappa shape index (κ2) is 5.20. The zero-order chi connectivity index (χ0) is 13.2. The first-order valence-electron chi connectivity index (χ1n) is 5.19. The van der Waals surface area contributed by atoms with Gasteiger partial charge in [0.05, 0.1) is 11.6 Å². The number of alkyl halides is 3. The predicted octanol–water partition coefficient (Wildman–Crippen LogP) is 5.05. The molecule has 4 heteroatoms. The van der Waals surface area contributed by atoms with Crippen LogP contribution in [-0.4, -0.2) is 0 Å². The predicted molar refractivity (Wildman–Crippen MR) is 75.8 cm³/mol. The Kier molecular flexibility index (Phi) is 3.82. The van der Waals surface area contributed by atoms with Gasteiger partial charge in [-0.1, -0.05) is 77.3 Å². The molecule has 1 nitrogen and oxygen atoms in total. The van der Waals surface area contributed by atoms with Gasteiger partial charge in [0.2, 0.25) is 3.79 Å². The molecule has 0 aliphatic carbocycles. The van der Waals surface area contributed by atoms with Crippen LogP contribution in [-0.2, 0) is 3.79 Å². The second-order valence-corrected chi connectivity index (χ2v) is 6.01. The van der Waals surface area contributed by atoms with Crippen LogP contribution in [0, 0.1) is 11.3 Å². The minimum absolute atomic E-state index is 0.602. The van der Waals surface area contributed by atoms with Crippen LogP contribution in [0.4, 0.5) is 0 Å². The van der Waals surface area contributed by atoms with Crippen molar-refractivity contribution >= 4 is 34.8 Å². The van der Waals surface area contributed by atoms with Crippen molar-refractivity contribution in [3.63, 3.8) is 0 Å². The standard InChI is InChI=1S/C14H8Cl3N/c15-14(16,17)12-7-5-10(6-8-12)13-4-2-1-3-11(13)9-18/h1-8H. The molecule has 2 aromatic carbocycles. The first-order valence-corrected chi connectivity index (χ1v) is 6.32. The molecular weight excluding hydrogens is 289 g/mol. The first-order chi connectivity index (χ1) is 8.52. The highest BCUT2D eigenvalue weighted by Gasteiger charge is 2.22. The molecule has 0 aromatic heterocycles. The third-order valence-corrected chi connectivity index (χ3v) is 3.23. The van der Waals surface area contributed by atoms with Gasteiger partial charge in [0, 0.05) is 5.56 Å². The molecule has 0 spiro atoms. The number of nitriles is 1. The van der Waals surface area contributed by atoms with Crippen molar-refractivity contribution in [2.75, 3.05) is 0 Å². The normalized spacial score (nSPS) is 11.0. The lowest BCUT2D eigenvalue weighted by Crippen LogP contribution is -1.99. The van der Waals surface area contributed by atoms with E-state index in [9.17, 15) is 0 Å². The lowest BCUT2D eigenvalue weighted by molar-refractivity contribution is 1.24. The number of nitrogens with zero attached hydrogens (tertiary/aromatic N) is 1. The first kappa shape index (κ1) is 13.2. The molecule has 0 heterocycles. The van der Waals surface area contributed by atoms with Gasteiger partial charge in [0.25, 0.3) is 0 Å². The van der Waals surface area contributed by atoms with Crippen molar-refractivity contribution in [3.8, 4) is 17.2 Å². The van der Waals surface area contributed by atoms with E-state index in [0.29, 0.717) is 11.1 Å². The summed E-state index contributed by atoms with van der Waals surface area (Å²) in [6.45, 7) is 0. The Morgan fingerprint density at radius 1 is 0.889 bits per heavy atom. The Bertz CT molecular complexity index is 592. The highest BCUT2D eigenvalue weighted by molar-refractivity contribution is 6.66. The molecule has 90 valence electrons. The summed E-state index contributed by atoms with van der Waals surface area (Å²) in [5, 5.41) is 9.05. The molecule has 0 fully saturated rings. The molecule has 0 atom stereocenters. The summed E-state index contributed by atoms with van der Waals surface area (Å²) in [5.74, 6) is 0. The number of benzene rings is 2. The number of hydrogen-bond acceptors (Lipinski definition) is 1. The topological polar surface area (TPSA) is 23.8 Å². The van der Waals surface area contributed by atoms with Crippen molar-refractivity contribution in [1.29, 1.82) is 5.26 Å². The van der Waals surface area contributed by atoms with Gasteiger partial charge >= 0.3 is 0 Å². The zero-order valence-electron chi connectivity index (χ0n) is 9.20. The highest BCUT2D eigenvalue weighted by Crippen LogP contribution is 2.38. The van der Waals surface area contributed by atoms with Gasteiger partial charge in [-0.15, -0.1) is 0 Å². The molecule has 0 unspecified atom stereocenters. The summed E-state index contributed by atoms with van der Waals surface area (Å²) in [6.07, 6.45) is 0. The molecule has 18 heavy (non-hydrogen) atoms. The van der Waals surface area contributed by atoms with E-state index in [1.54, 1.807) is 18.2 Å². The van der Waals surface area contributed by atoms with Gasteiger partial charge in [-0.25, -0.2) is 0 Å². The van der Waals surface area contributed by atoms with Crippen LogP contribution in [0.15, 0.2) is 48.5 Å². The Morgan fingerprint density at radius 2 is 1.50 bits per heavy atom. The minimum atomic E-state index is -1.42. The SMILES string of the molecule is N#Cc1ccccc1-c1ccc(C(Cl)(Cl)Cl)cc1. The van der Waals surface area contributed by atoms with E-state index in [2.05, 4.69) is 6.07 Å². The summed E-state index contributed by atoms with van der Waals surface area (Å²) >= 11 is 17.4. The molecule has 0 aliphatic heterocycles. The van der Waals surface area contributed by atoms with Crippen molar-refractivity contribution < 1.29 is 0 Å². The van der Waals surface area contributed by atoms with Crippen LogP contribution in [0.1, 0.15) is 11.1 Å². The summed E-state index contributed by atoms with van der Waals surface area (Å²) in [6, 6.07) is 16.7. The molecule has 0 aliphatic rings. The van der Waals surface area contributed by atoms with Crippen molar-refractivity contribution in [2.45, 2.75) is 3.79 Å². The molecule has 0 amide bonds. The van der Waals surface area contributed by atoms with Crippen LogP contribution in [0.2, 0.25) is 0 Å². The quantitative estimate of drug-likeness (QED) is 0.675. The average molecular weight is 297 g/mol. The van der Waals surface area contributed by atoms with Gasteiger partial charge in [0.15, 0.2) is 0 Å². The summed E-state index contributed by atoms with van der Waals surface area (Å²) in [4.78, 5) is 0. The smallest absolute Gasteiger partial charge is 0.192 e. The zero-order valence-corrected chi connectivity index (χ0v) is 11.5. The van der Waals surface area contributed by atoms with Crippen LogP contribution in [0.25, 0.3) is 11.1 Å². The van der Waals surface area contributed by atoms with Crippen LogP contribution in [0.5, 0.6) is 0 Å². The van der Waals surface area contributed by atoms with Gasteiger partial charge in [-0.05, 0) is 17.2 Å². The van der Waals surface area contributed by atoms with E-state index < -0.39 is 3.79 Å². The van der Waals surface area contributed by atoms with Crippen LogP contribution < -0.4 is 0 Å². The molecule has 0 saturated carbocycles. The molecule has 0 radical (unpaired) electrons. The van der Waals surface area contributed by atoms with E-state index in [1.165, 1.54) is 0 Å². The monoisotopic (exact) mass is 295 g/mol. The third kappa shape index (κ3) is 2.79. The Balaban J connectivity index is 2.45. The number of rotatable bonds is 1. The fourth-order valence-electron chi connectivity index (χ4n) is 1.67. The molecule has 0 bridgehead atoms. The Labute approximate surface area is 121 Å². The van der Waals surface area contributed by atoms with Crippen LogP contribution in [0.3, 0.4) is 0 Å². The second-order valence-electron chi connectivity index (χ2n) is 3.73. The van der Waals surface area contributed by atoms with E-state index in [0.717, 1.165) is 11.1 Å². The molecule has 0 N–H and O–H groups in total. The number of halogens is 3. The van der Waals surface area contributed by atoms with E-state index in [1.807, 2.05) is 30.3 Å². The van der Waals surface area contributed by atoms with Gasteiger partial charge < -0.3 is 0 Å². The van der Waals surface area contributed by atoms with Crippen molar-refractivity contribution in [2.24, 2.45) is 0 Å². The van der Waals surface area contributed by atoms with Gasteiger partial charge in [0.1, 0.15) is 0 Å². The lowest BCUT2D eigenvalue weighted by Gasteiger charge is -2.12. The maximum absolute atomic E-state index is 9.05. The van der Waals surface area contributed by atoms with Gasteiger partial charge in [-0.2, -0.15) is 5.26 Å². The summed E-state index contributed by atoms with van der Waals surface area (Å²) in [5.41, 5.74) is 3.02. The Hall–Kier alpha value is -1.20. The Morgan fingerprint density at radius 3 is 2.06 bits per heavy atom. The fraction of sp³-hybridized carbons (Fsp3) is 0.0714. The van der Waals surface area contributed by atoms with E-state index >= 15 is 0 Å². The maximum atomic E-state index is 9.05. The fourth-order valence-corrected chi connectivity index (χ4v) is 2.05. The van der Waals surface area contributed by atoms with Crippen LogP contribution >= 0.6 is 34.8 Å². The molecule has 0 saturated heterocycles.